The van der Waals surface area contributed by atoms with Gasteiger partial charge in [-0.2, -0.15) is 5.10 Å². The summed E-state index contributed by atoms with van der Waals surface area (Å²) < 4.78 is 1.91. The third-order valence-electron chi connectivity index (χ3n) is 3.63. The van der Waals surface area contributed by atoms with Gasteiger partial charge in [-0.05, 0) is 31.3 Å². The monoisotopic (exact) mass is 336 g/mol. The lowest BCUT2D eigenvalue weighted by molar-refractivity contribution is 0.852. The van der Waals surface area contributed by atoms with Gasteiger partial charge in [0.2, 0.25) is 0 Å². The molecule has 0 aliphatic rings. The SMILES string of the molecule is CCNC(=S)NCc1cn(-c2ccccc2)nc1-c1ccccc1. The zero-order valence-electron chi connectivity index (χ0n) is 13.6. The lowest BCUT2D eigenvalue weighted by Gasteiger charge is -2.08. The first kappa shape index (κ1) is 16.2. The Kier molecular flexibility index (Phi) is 5.23. The normalized spacial score (nSPS) is 10.4. The van der Waals surface area contributed by atoms with E-state index in [0.29, 0.717) is 11.7 Å². The van der Waals surface area contributed by atoms with Gasteiger partial charge in [-0.25, -0.2) is 4.68 Å². The summed E-state index contributed by atoms with van der Waals surface area (Å²) >= 11 is 5.26. The Morgan fingerprint density at radius 1 is 1.00 bits per heavy atom. The van der Waals surface area contributed by atoms with Gasteiger partial charge in [0, 0.05) is 30.4 Å². The maximum atomic E-state index is 5.26. The van der Waals surface area contributed by atoms with E-state index in [0.717, 1.165) is 29.1 Å². The first-order valence-corrected chi connectivity index (χ1v) is 8.40. The molecule has 0 atom stereocenters. The Balaban J connectivity index is 1.93. The fraction of sp³-hybridized carbons (Fsp3) is 0.158. The highest BCUT2D eigenvalue weighted by Crippen LogP contribution is 2.23. The second-order valence-corrected chi connectivity index (χ2v) is 5.77. The molecule has 0 amide bonds. The number of nitrogens with one attached hydrogen (secondary N) is 2. The fourth-order valence-corrected chi connectivity index (χ4v) is 2.71. The molecule has 4 nitrogen and oxygen atoms in total. The minimum Gasteiger partial charge on any atom is -0.363 e. The first-order valence-electron chi connectivity index (χ1n) is 7.99. The van der Waals surface area contributed by atoms with Crippen LogP contribution in [0.2, 0.25) is 0 Å². The predicted molar refractivity (Wildman–Crippen MR) is 102 cm³/mol. The lowest BCUT2D eigenvalue weighted by atomic mass is 10.1. The maximum Gasteiger partial charge on any atom is 0.166 e. The third-order valence-corrected chi connectivity index (χ3v) is 3.92. The van der Waals surface area contributed by atoms with Crippen molar-refractivity contribution >= 4 is 17.3 Å². The lowest BCUT2D eigenvalue weighted by Crippen LogP contribution is -2.34. The van der Waals surface area contributed by atoms with Crippen molar-refractivity contribution in [2.75, 3.05) is 6.54 Å². The summed E-state index contributed by atoms with van der Waals surface area (Å²) in [6.45, 7) is 3.46. The number of para-hydroxylation sites is 1. The molecule has 3 rings (SSSR count). The minimum atomic E-state index is 0.628. The van der Waals surface area contributed by atoms with Crippen LogP contribution in [0, 0.1) is 0 Å². The zero-order valence-corrected chi connectivity index (χ0v) is 14.4. The number of hydrogen-bond acceptors (Lipinski definition) is 2. The number of rotatable bonds is 5. The van der Waals surface area contributed by atoms with E-state index in [1.54, 1.807) is 0 Å². The molecule has 1 aromatic heterocycles. The van der Waals surface area contributed by atoms with Gasteiger partial charge in [-0.3, -0.25) is 0 Å². The van der Waals surface area contributed by atoms with Crippen LogP contribution >= 0.6 is 12.2 Å². The van der Waals surface area contributed by atoms with Crippen molar-refractivity contribution < 1.29 is 0 Å². The van der Waals surface area contributed by atoms with E-state index in [-0.39, 0.29) is 0 Å². The van der Waals surface area contributed by atoms with Crippen LogP contribution in [0.1, 0.15) is 12.5 Å². The van der Waals surface area contributed by atoms with E-state index < -0.39 is 0 Å². The summed E-state index contributed by atoms with van der Waals surface area (Å²) in [5.74, 6) is 0. The quantitative estimate of drug-likeness (QED) is 0.700. The van der Waals surface area contributed by atoms with E-state index in [2.05, 4.69) is 29.0 Å². The van der Waals surface area contributed by atoms with Crippen LogP contribution in [0.15, 0.2) is 66.9 Å². The molecule has 0 saturated carbocycles. The average molecular weight is 336 g/mol. The highest BCUT2D eigenvalue weighted by atomic mass is 32.1. The van der Waals surface area contributed by atoms with Crippen molar-refractivity contribution in [2.45, 2.75) is 13.5 Å². The van der Waals surface area contributed by atoms with E-state index in [1.807, 2.05) is 60.1 Å². The molecular weight excluding hydrogens is 316 g/mol. The van der Waals surface area contributed by atoms with E-state index in [9.17, 15) is 0 Å². The number of nitrogens with zero attached hydrogens (tertiary/aromatic N) is 2. The van der Waals surface area contributed by atoms with Gasteiger partial charge in [0.15, 0.2) is 5.11 Å². The Morgan fingerprint density at radius 2 is 1.67 bits per heavy atom. The van der Waals surface area contributed by atoms with E-state index >= 15 is 0 Å². The molecule has 0 aliphatic carbocycles. The zero-order chi connectivity index (χ0) is 16.8. The highest BCUT2D eigenvalue weighted by molar-refractivity contribution is 7.80. The van der Waals surface area contributed by atoms with Crippen LogP contribution in [-0.4, -0.2) is 21.4 Å². The van der Waals surface area contributed by atoms with Crippen LogP contribution in [0.4, 0.5) is 0 Å². The molecule has 24 heavy (non-hydrogen) atoms. The van der Waals surface area contributed by atoms with Crippen molar-refractivity contribution in [1.29, 1.82) is 0 Å². The predicted octanol–water partition coefficient (Wildman–Crippen LogP) is 3.52. The molecule has 0 saturated heterocycles. The largest absolute Gasteiger partial charge is 0.363 e. The molecular formula is C19H20N4S. The summed E-state index contributed by atoms with van der Waals surface area (Å²) in [4.78, 5) is 0. The minimum absolute atomic E-state index is 0.628. The van der Waals surface area contributed by atoms with Crippen molar-refractivity contribution in [1.82, 2.24) is 20.4 Å². The molecule has 122 valence electrons. The summed E-state index contributed by atoms with van der Waals surface area (Å²) in [5.41, 5.74) is 4.20. The van der Waals surface area contributed by atoms with E-state index in [4.69, 9.17) is 17.3 Å². The summed E-state index contributed by atoms with van der Waals surface area (Å²) in [7, 11) is 0. The Morgan fingerprint density at radius 3 is 2.33 bits per heavy atom. The molecule has 1 heterocycles. The molecule has 0 radical (unpaired) electrons. The molecule has 0 fully saturated rings. The van der Waals surface area contributed by atoms with Crippen LogP contribution in [0.25, 0.3) is 16.9 Å². The summed E-state index contributed by atoms with van der Waals surface area (Å²) in [6, 6.07) is 20.3. The molecule has 0 bridgehead atoms. The van der Waals surface area contributed by atoms with Crippen LogP contribution in [-0.2, 0) is 6.54 Å². The fourth-order valence-electron chi connectivity index (χ4n) is 2.49. The van der Waals surface area contributed by atoms with Crippen LogP contribution in [0.5, 0.6) is 0 Å². The van der Waals surface area contributed by atoms with Crippen molar-refractivity contribution in [3.63, 3.8) is 0 Å². The molecule has 5 heteroatoms. The van der Waals surface area contributed by atoms with Crippen molar-refractivity contribution in [3.8, 4) is 16.9 Å². The molecule has 0 aliphatic heterocycles. The number of benzene rings is 2. The second kappa shape index (κ2) is 7.75. The average Bonchev–Trinajstić information content (AvgIpc) is 3.06. The maximum absolute atomic E-state index is 5.26. The van der Waals surface area contributed by atoms with Crippen LogP contribution < -0.4 is 10.6 Å². The molecule has 0 spiro atoms. The Hall–Kier alpha value is -2.66. The molecule has 2 aromatic carbocycles. The van der Waals surface area contributed by atoms with Crippen molar-refractivity contribution in [2.24, 2.45) is 0 Å². The van der Waals surface area contributed by atoms with E-state index in [1.165, 1.54) is 0 Å². The highest BCUT2D eigenvalue weighted by Gasteiger charge is 2.12. The smallest absolute Gasteiger partial charge is 0.166 e. The van der Waals surface area contributed by atoms with Gasteiger partial charge in [-0.15, -0.1) is 0 Å². The topological polar surface area (TPSA) is 41.9 Å². The van der Waals surface area contributed by atoms with Gasteiger partial charge in [0.1, 0.15) is 0 Å². The standard InChI is InChI=1S/C19H20N4S/c1-2-20-19(24)21-13-16-14-23(17-11-7-4-8-12-17)22-18(16)15-9-5-3-6-10-15/h3-12,14H,2,13H2,1H3,(H2,20,21,24). The van der Waals surface area contributed by atoms with Crippen LogP contribution in [0.3, 0.4) is 0 Å². The molecule has 0 unspecified atom stereocenters. The summed E-state index contributed by atoms with van der Waals surface area (Å²) in [5, 5.41) is 11.8. The third kappa shape index (κ3) is 3.81. The van der Waals surface area contributed by atoms with Gasteiger partial charge >= 0.3 is 0 Å². The first-order chi connectivity index (χ1) is 11.8. The molecule has 2 N–H and O–H groups in total. The van der Waals surface area contributed by atoms with Gasteiger partial charge in [0.05, 0.1) is 11.4 Å². The number of hydrogen-bond donors (Lipinski definition) is 2. The van der Waals surface area contributed by atoms with Crippen molar-refractivity contribution in [3.05, 3.63) is 72.4 Å². The number of thiocarbonyl (C=S) groups is 1. The Bertz CT molecular complexity index is 797. The molecule has 3 aromatic rings. The van der Waals surface area contributed by atoms with Gasteiger partial charge in [-0.1, -0.05) is 48.5 Å². The number of aromatic nitrogens is 2. The Labute approximate surface area is 147 Å². The van der Waals surface area contributed by atoms with Gasteiger partial charge < -0.3 is 10.6 Å². The summed E-state index contributed by atoms with van der Waals surface area (Å²) in [6.07, 6.45) is 2.05. The second-order valence-electron chi connectivity index (χ2n) is 5.36. The van der Waals surface area contributed by atoms with Gasteiger partial charge in [0.25, 0.3) is 0 Å².